The number of amides is 1. The second-order valence-corrected chi connectivity index (χ2v) is 6.14. The fourth-order valence-electron chi connectivity index (χ4n) is 2.54. The van der Waals surface area contributed by atoms with E-state index in [1.165, 1.54) is 0 Å². The zero-order valence-electron chi connectivity index (χ0n) is 12.4. The molecule has 1 N–H and O–H groups in total. The largest absolute Gasteiger partial charge is 0.335 e. The van der Waals surface area contributed by atoms with E-state index in [0.717, 1.165) is 19.3 Å². The lowest BCUT2D eigenvalue weighted by molar-refractivity contribution is -0.133. The van der Waals surface area contributed by atoms with Gasteiger partial charge in [-0.1, -0.05) is 18.5 Å². The zero-order chi connectivity index (χ0) is 15.7. The van der Waals surface area contributed by atoms with Crippen molar-refractivity contribution in [3.05, 3.63) is 39.4 Å². The van der Waals surface area contributed by atoms with E-state index >= 15 is 0 Å². The molecule has 0 spiro atoms. The zero-order valence-corrected chi connectivity index (χ0v) is 13.2. The van der Waals surface area contributed by atoms with E-state index in [4.69, 9.17) is 11.6 Å². The maximum Gasteiger partial charge on any atom is 0.258 e. The van der Waals surface area contributed by atoms with Crippen LogP contribution in [0.2, 0.25) is 5.02 Å². The van der Waals surface area contributed by atoms with Crippen molar-refractivity contribution < 1.29 is 4.79 Å². The highest BCUT2D eigenvalue weighted by atomic mass is 35.5. The topological polar surface area (TPSA) is 66.1 Å². The van der Waals surface area contributed by atoms with Crippen LogP contribution in [0.3, 0.4) is 0 Å². The van der Waals surface area contributed by atoms with E-state index < -0.39 is 0 Å². The summed E-state index contributed by atoms with van der Waals surface area (Å²) in [6.07, 6.45) is 2.81. The van der Waals surface area contributed by atoms with E-state index in [0.29, 0.717) is 34.8 Å². The number of fused-ring (bicyclic) bond motifs is 1. The smallest absolute Gasteiger partial charge is 0.258 e. The Balaban J connectivity index is 1.91. The lowest BCUT2D eigenvalue weighted by Gasteiger charge is -2.21. The molecule has 0 atom stereocenters. The molecule has 3 rings (SSSR count). The number of rotatable bonds is 5. The summed E-state index contributed by atoms with van der Waals surface area (Å²) in [6, 6.07) is 5.00. The predicted molar refractivity (Wildman–Crippen MR) is 85.8 cm³/mol. The minimum atomic E-state index is -0.202. The van der Waals surface area contributed by atoms with Gasteiger partial charge in [0.1, 0.15) is 5.82 Å². The van der Waals surface area contributed by atoms with Gasteiger partial charge in [-0.05, 0) is 37.5 Å². The first-order valence-electron chi connectivity index (χ1n) is 7.55. The Labute approximate surface area is 133 Å². The summed E-state index contributed by atoms with van der Waals surface area (Å²) >= 11 is 5.96. The Bertz CT molecular complexity index is 768. The molecule has 5 nitrogen and oxygen atoms in total. The van der Waals surface area contributed by atoms with Crippen LogP contribution in [0.25, 0.3) is 10.9 Å². The van der Waals surface area contributed by atoms with Gasteiger partial charge in [-0.3, -0.25) is 9.59 Å². The third-order valence-electron chi connectivity index (χ3n) is 3.79. The fraction of sp³-hybridized carbons (Fsp3) is 0.438. The number of H-pyrrole nitrogens is 1. The molecule has 1 saturated carbocycles. The number of aromatic nitrogens is 2. The first-order valence-corrected chi connectivity index (χ1v) is 7.93. The summed E-state index contributed by atoms with van der Waals surface area (Å²) in [5.74, 6) is 0.825. The molecule has 0 unspecified atom stereocenters. The van der Waals surface area contributed by atoms with Crippen LogP contribution in [0.5, 0.6) is 0 Å². The molecule has 6 heteroatoms. The van der Waals surface area contributed by atoms with E-state index in [-0.39, 0.29) is 17.4 Å². The van der Waals surface area contributed by atoms with Crippen molar-refractivity contribution in [3.8, 4) is 0 Å². The lowest BCUT2D eigenvalue weighted by atomic mass is 10.2. The molecule has 1 amide bonds. The van der Waals surface area contributed by atoms with Gasteiger partial charge in [-0.25, -0.2) is 4.98 Å². The summed E-state index contributed by atoms with van der Waals surface area (Å²) in [4.78, 5) is 33.4. The van der Waals surface area contributed by atoms with Gasteiger partial charge < -0.3 is 9.88 Å². The average Bonchev–Trinajstić information content (AvgIpc) is 3.30. The first kappa shape index (κ1) is 15.0. The van der Waals surface area contributed by atoms with Gasteiger partial charge in [0.2, 0.25) is 5.91 Å². The van der Waals surface area contributed by atoms with Gasteiger partial charge in [-0.2, -0.15) is 0 Å². The maximum atomic E-state index is 12.3. The monoisotopic (exact) mass is 319 g/mol. The van der Waals surface area contributed by atoms with Crippen molar-refractivity contribution >= 4 is 28.4 Å². The lowest BCUT2D eigenvalue weighted by Crippen LogP contribution is -2.33. The highest BCUT2D eigenvalue weighted by molar-refractivity contribution is 6.31. The highest BCUT2D eigenvalue weighted by Crippen LogP contribution is 2.31. The third-order valence-corrected chi connectivity index (χ3v) is 4.03. The van der Waals surface area contributed by atoms with Crippen LogP contribution in [0.1, 0.15) is 32.0 Å². The molecule has 0 bridgehead atoms. The minimum absolute atomic E-state index is 0.160. The van der Waals surface area contributed by atoms with Crippen molar-refractivity contribution in [1.29, 1.82) is 0 Å². The predicted octanol–water partition coefficient (Wildman–Crippen LogP) is 2.73. The normalized spacial score (nSPS) is 14.3. The van der Waals surface area contributed by atoms with Gasteiger partial charge in [0.05, 0.1) is 17.4 Å². The van der Waals surface area contributed by atoms with Gasteiger partial charge >= 0.3 is 0 Å². The van der Waals surface area contributed by atoms with Crippen LogP contribution in [0.4, 0.5) is 0 Å². The number of aromatic amines is 1. The van der Waals surface area contributed by atoms with Crippen LogP contribution in [-0.2, 0) is 11.3 Å². The number of carbonyl (C=O) groups excluding carboxylic acids is 1. The molecule has 0 aliphatic heterocycles. The Morgan fingerprint density at radius 3 is 2.91 bits per heavy atom. The van der Waals surface area contributed by atoms with Crippen LogP contribution < -0.4 is 5.56 Å². The van der Waals surface area contributed by atoms with Crippen LogP contribution in [0, 0.1) is 5.92 Å². The fourth-order valence-corrected chi connectivity index (χ4v) is 2.71. The number of hydrogen-bond donors (Lipinski definition) is 1. The summed E-state index contributed by atoms with van der Waals surface area (Å²) in [6.45, 7) is 3.04. The second kappa shape index (κ2) is 6.08. The van der Waals surface area contributed by atoms with Crippen molar-refractivity contribution in [2.45, 2.75) is 32.7 Å². The van der Waals surface area contributed by atoms with Crippen molar-refractivity contribution in [2.24, 2.45) is 5.92 Å². The van der Waals surface area contributed by atoms with E-state index in [1.54, 1.807) is 23.1 Å². The molecule has 22 heavy (non-hydrogen) atoms. The quantitative estimate of drug-likeness (QED) is 0.921. The Morgan fingerprint density at radius 1 is 1.45 bits per heavy atom. The van der Waals surface area contributed by atoms with E-state index in [1.807, 2.05) is 6.92 Å². The third kappa shape index (κ3) is 3.14. The highest BCUT2D eigenvalue weighted by Gasteiger charge is 2.33. The molecular formula is C16H18ClN3O2. The SMILES string of the molecule is CCCN(Cc1nc2cc(Cl)ccc2c(=O)[nH]1)C(=O)C1CC1. The number of benzene rings is 1. The number of carbonyl (C=O) groups is 1. The van der Waals surface area contributed by atoms with Crippen LogP contribution in [0.15, 0.2) is 23.0 Å². The molecular weight excluding hydrogens is 302 g/mol. The van der Waals surface area contributed by atoms with Gasteiger partial charge in [0.15, 0.2) is 0 Å². The average molecular weight is 320 g/mol. The number of hydrogen-bond acceptors (Lipinski definition) is 3. The maximum absolute atomic E-state index is 12.3. The number of nitrogens with zero attached hydrogens (tertiary/aromatic N) is 2. The van der Waals surface area contributed by atoms with Gasteiger partial charge in [0, 0.05) is 17.5 Å². The van der Waals surface area contributed by atoms with E-state index in [9.17, 15) is 9.59 Å². The molecule has 116 valence electrons. The first-order chi connectivity index (χ1) is 10.6. The minimum Gasteiger partial charge on any atom is -0.335 e. The second-order valence-electron chi connectivity index (χ2n) is 5.71. The molecule has 0 radical (unpaired) electrons. The number of nitrogens with one attached hydrogen (secondary N) is 1. The summed E-state index contributed by atoms with van der Waals surface area (Å²) < 4.78 is 0. The van der Waals surface area contributed by atoms with Crippen LogP contribution >= 0.6 is 11.6 Å². The summed E-state index contributed by atoms with van der Waals surface area (Å²) in [7, 11) is 0. The standard InChI is InChI=1S/C16H18ClN3O2/c1-2-7-20(16(22)10-3-4-10)9-14-18-13-8-11(17)5-6-12(13)15(21)19-14/h5-6,8,10H,2-4,7,9H2,1H3,(H,18,19,21). The summed E-state index contributed by atoms with van der Waals surface area (Å²) in [5.41, 5.74) is 0.355. The Hall–Kier alpha value is -1.88. The van der Waals surface area contributed by atoms with Gasteiger partial charge in [0.25, 0.3) is 5.56 Å². The summed E-state index contributed by atoms with van der Waals surface area (Å²) in [5, 5.41) is 1.04. The Morgan fingerprint density at radius 2 is 2.23 bits per heavy atom. The molecule has 1 aromatic heterocycles. The van der Waals surface area contributed by atoms with Gasteiger partial charge in [-0.15, -0.1) is 0 Å². The van der Waals surface area contributed by atoms with Crippen LogP contribution in [-0.4, -0.2) is 27.3 Å². The molecule has 1 heterocycles. The Kier molecular flexibility index (Phi) is 4.16. The van der Waals surface area contributed by atoms with Crippen molar-refractivity contribution in [2.75, 3.05) is 6.54 Å². The van der Waals surface area contributed by atoms with Crippen molar-refractivity contribution in [3.63, 3.8) is 0 Å². The van der Waals surface area contributed by atoms with Crippen molar-refractivity contribution in [1.82, 2.24) is 14.9 Å². The molecule has 1 aromatic carbocycles. The molecule has 1 aliphatic rings. The molecule has 2 aromatic rings. The molecule has 1 aliphatic carbocycles. The van der Waals surface area contributed by atoms with E-state index in [2.05, 4.69) is 9.97 Å². The molecule has 0 saturated heterocycles. The molecule has 1 fully saturated rings. The number of halogens is 1.